The minimum Gasteiger partial charge on any atom is -0.478 e. The van der Waals surface area contributed by atoms with Crippen molar-refractivity contribution >= 4 is 28.5 Å². The summed E-state index contributed by atoms with van der Waals surface area (Å²) in [6.45, 7) is 3.95. The second-order valence-electron chi connectivity index (χ2n) is 8.29. The van der Waals surface area contributed by atoms with Gasteiger partial charge in [-0.2, -0.15) is 5.26 Å². The van der Waals surface area contributed by atoms with Crippen LogP contribution in [-0.2, 0) is 0 Å². The fraction of sp³-hybridized carbons (Fsp3) is 0.333. The smallest absolute Gasteiger partial charge is 0.337 e. The standard InChI is InChI=1S/C24H23F2N5O2/c1-14-11-17(15(2)28-18-6-4-3-5-16(18)23(32)33)21-19(12-14)29-20(13-27)22(30-21)31-9-7-24(25,26)8-10-31/h3-6,11-12,15,28H,7-10H2,1-2H3,(H,32,33)/t15-/m0/s1. The molecule has 0 spiro atoms. The lowest BCUT2D eigenvalue weighted by molar-refractivity contribution is -0.0221. The molecule has 0 aliphatic carbocycles. The minimum atomic E-state index is -2.72. The fourth-order valence-electron chi connectivity index (χ4n) is 4.10. The average molecular weight is 451 g/mol. The van der Waals surface area contributed by atoms with E-state index < -0.39 is 11.9 Å². The highest BCUT2D eigenvalue weighted by molar-refractivity contribution is 5.94. The lowest BCUT2D eigenvalue weighted by atomic mass is 10.0. The van der Waals surface area contributed by atoms with E-state index in [-0.39, 0.29) is 43.2 Å². The van der Waals surface area contributed by atoms with Gasteiger partial charge in [-0.3, -0.25) is 0 Å². The fourth-order valence-corrected chi connectivity index (χ4v) is 4.10. The maximum Gasteiger partial charge on any atom is 0.337 e. The van der Waals surface area contributed by atoms with Gasteiger partial charge in [0.15, 0.2) is 11.5 Å². The first-order valence-electron chi connectivity index (χ1n) is 10.6. The molecule has 2 N–H and O–H groups in total. The molecule has 1 aliphatic heterocycles. The molecule has 2 heterocycles. The van der Waals surface area contributed by atoms with E-state index in [4.69, 9.17) is 4.98 Å². The van der Waals surface area contributed by atoms with Gasteiger partial charge < -0.3 is 15.3 Å². The van der Waals surface area contributed by atoms with Gasteiger partial charge >= 0.3 is 5.97 Å². The number of carboxylic acids is 1. The maximum atomic E-state index is 13.7. The number of nitrogens with zero attached hydrogens (tertiary/aromatic N) is 4. The van der Waals surface area contributed by atoms with Crippen molar-refractivity contribution in [3.8, 4) is 6.07 Å². The van der Waals surface area contributed by atoms with E-state index in [0.29, 0.717) is 22.5 Å². The SMILES string of the molecule is Cc1cc([C@H](C)Nc2ccccc2C(=O)O)c2nc(N3CCC(F)(F)CC3)c(C#N)nc2c1. The second-order valence-corrected chi connectivity index (χ2v) is 8.29. The monoisotopic (exact) mass is 451 g/mol. The van der Waals surface area contributed by atoms with Gasteiger partial charge in [0, 0.05) is 37.2 Å². The summed E-state index contributed by atoms with van der Waals surface area (Å²) in [5.41, 5.74) is 3.45. The molecule has 0 saturated carbocycles. The van der Waals surface area contributed by atoms with E-state index in [1.54, 1.807) is 23.1 Å². The molecule has 0 radical (unpaired) electrons. The molecular formula is C24H23F2N5O2. The number of aryl methyl sites for hydroxylation is 1. The number of para-hydroxylation sites is 1. The molecule has 3 aromatic rings. The molecule has 0 unspecified atom stereocenters. The summed E-state index contributed by atoms with van der Waals surface area (Å²) in [4.78, 5) is 22.5. The Morgan fingerprint density at radius 2 is 1.94 bits per heavy atom. The Morgan fingerprint density at radius 1 is 1.24 bits per heavy atom. The number of halogens is 2. The number of rotatable bonds is 5. The van der Waals surface area contributed by atoms with Crippen LogP contribution in [0.2, 0.25) is 0 Å². The molecule has 2 aromatic carbocycles. The molecule has 1 atom stereocenters. The number of fused-ring (bicyclic) bond motifs is 1. The summed E-state index contributed by atoms with van der Waals surface area (Å²) in [6, 6.07) is 12.1. The first-order valence-corrected chi connectivity index (χ1v) is 10.6. The predicted octanol–water partition coefficient (Wildman–Crippen LogP) is 4.92. The number of carboxylic acid groups (broad SMARTS) is 1. The largest absolute Gasteiger partial charge is 0.478 e. The molecule has 170 valence electrons. The first kappa shape index (κ1) is 22.4. The number of aromatic carboxylic acids is 1. The number of aromatic nitrogens is 2. The number of nitrogens with one attached hydrogen (secondary N) is 1. The lowest BCUT2D eigenvalue weighted by Crippen LogP contribution is -2.40. The van der Waals surface area contributed by atoms with Gasteiger partial charge in [-0.25, -0.2) is 23.5 Å². The van der Waals surface area contributed by atoms with Crippen LogP contribution in [-0.4, -0.2) is 40.1 Å². The topological polar surface area (TPSA) is 102 Å². The van der Waals surface area contributed by atoms with Crippen molar-refractivity contribution in [3.05, 3.63) is 58.8 Å². The molecule has 0 bridgehead atoms. The summed E-state index contributed by atoms with van der Waals surface area (Å²) < 4.78 is 27.3. The van der Waals surface area contributed by atoms with Crippen LogP contribution in [0.25, 0.3) is 11.0 Å². The number of hydrogen-bond acceptors (Lipinski definition) is 6. The van der Waals surface area contributed by atoms with Crippen LogP contribution < -0.4 is 10.2 Å². The molecule has 0 amide bonds. The molecule has 4 rings (SSSR count). The zero-order valence-electron chi connectivity index (χ0n) is 18.3. The summed E-state index contributed by atoms with van der Waals surface area (Å²) in [6.07, 6.45) is -0.607. The van der Waals surface area contributed by atoms with Gasteiger partial charge in [-0.15, -0.1) is 0 Å². The first-order chi connectivity index (χ1) is 15.7. The molecule has 1 saturated heterocycles. The summed E-state index contributed by atoms with van der Waals surface area (Å²) in [5, 5.41) is 22.4. The van der Waals surface area contributed by atoms with Gasteiger partial charge in [0.2, 0.25) is 0 Å². The predicted molar refractivity (Wildman–Crippen MR) is 121 cm³/mol. The minimum absolute atomic E-state index is 0.0862. The van der Waals surface area contributed by atoms with E-state index in [9.17, 15) is 23.9 Å². The summed E-state index contributed by atoms with van der Waals surface area (Å²) in [5.74, 6) is -3.46. The second kappa shape index (κ2) is 8.62. The van der Waals surface area contributed by atoms with Crippen molar-refractivity contribution < 1.29 is 18.7 Å². The van der Waals surface area contributed by atoms with Crippen molar-refractivity contribution in [2.75, 3.05) is 23.3 Å². The van der Waals surface area contributed by atoms with Gasteiger partial charge in [0.25, 0.3) is 5.92 Å². The Balaban J connectivity index is 1.77. The van der Waals surface area contributed by atoms with Crippen molar-refractivity contribution in [1.82, 2.24) is 9.97 Å². The lowest BCUT2D eigenvalue weighted by Gasteiger charge is -2.33. The molecule has 7 nitrogen and oxygen atoms in total. The molecule has 1 fully saturated rings. The van der Waals surface area contributed by atoms with Gasteiger partial charge in [0.05, 0.1) is 22.6 Å². The van der Waals surface area contributed by atoms with Gasteiger partial charge in [-0.1, -0.05) is 18.2 Å². The molecule has 33 heavy (non-hydrogen) atoms. The van der Waals surface area contributed by atoms with Crippen molar-refractivity contribution in [2.45, 2.75) is 38.7 Å². The van der Waals surface area contributed by atoms with E-state index >= 15 is 0 Å². The van der Waals surface area contributed by atoms with Crippen molar-refractivity contribution in [3.63, 3.8) is 0 Å². The zero-order chi connectivity index (χ0) is 23.8. The molecule has 1 aliphatic rings. The van der Waals surface area contributed by atoms with Crippen molar-refractivity contribution in [2.24, 2.45) is 0 Å². The van der Waals surface area contributed by atoms with Crippen LogP contribution in [0.4, 0.5) is 20.3 Å². The quantitative estimate of drug-likeness (QED) is 0.568. The highest BCUT2D eigenvalue weighted by atomic mass is 19.3. The van der Waals surface area contributed by atoms with Gasteiger partial charge in [0.1, 0.15) is 6.07 Å². The third-order valence-electron chi connectivity index (χ3n) is 5.82. The van der Waals surface area contributed by atoms with Crippen LogP contribution in [0.5, 0.6) is 0 Å². The normalized spacial score (nSPS) is 16.3. The van der Waals surface area contributed by atoms with Crippen molar-refractivity contribution in [1.29, 1.82) is 5.26 Å². The number of benzene rings is 2. The van der Waals surface area contributed by atoms with Crippen LogP contribution in [0.3, 0.4) is 0 Å². The zero-order valence-corrected chi connectivity index (χ0v) is 18.3. The van der Waals surface area contributed by atoms with E-state index in [1.807, 2.05) is 32.0 Å². The Kier molecular flexibility index (Phi) is 5.85. The Morgan fingerprint density at radius 3 is 2.61 bits per heavy atom. The van der Waals surface area contributed by atoms with Crippen LogP contribution in [0.15, 0.2) is 36.4 Å². The highest BCUT2D eigenvalue weighted by Crippen LogP contribution is 2.33. The van der Waals surface area contributed by atoms with E-state index in [0.717, 1.165) is 11.1 Å². The molecule has 9 heteroatoms. The molecule has 1 aromatic heterocycles. The third kappa shape index (κ3) is 4.55. The number of alkyl halides is 2. The third-order valence-corrected chi connectivity index (χ3v) is 5.82. The number of anilines is 2. The number of piperidine rings is 1. The van der Waals surface area contributed by atoms with E-state index in [2.05, 4.69) is 10.3 Å². The Hall–Kier alpha value is -3.80. The maximum absolute atomic E-state index is 13.7. The summed E-state index contributed by atoms with van der Waals surface area (Å²) in [7, 11) is 0. The Labute approximate surface area is 189 Å². The van der Waals surface area contributed by atoms with Crippen LogP contribution in [0.1, 0.15) is 53.0 Å². The van der Waals surface area contributed by atoms with E-state index in [1.165, 1.54) is 6.07 Å². The number of carbonyl (C=O) groups is 1. The average Bonchev–Trinajstić information content (AvgIpc) is 2.78. The van der Waals surface area contributed by atoms with Crippen LogP contribution >= 0.6 is 0 Å². The number of hydrogen-bond donors (Lipinski definition) is 2. The van der Waals surface area contributed by atoms with Gasteiger partial charge in [-0.05, 0) is 37.6 Å². The highest BCUT2D eigenvalue weighted by Gasteiger charge is 2.35. The number of nitriles is 1. The molecular weight excluding hydrogens is 428 g/mol. The van der Waals surface area contributed by atoms with Crippen LogP contribution in [0, 0.1) is 18.3 Å². The Bertz CT molecular complexity index is 1260. The summed E-state index contributed by atoms with van der Waals surface area (Å²) >= 11 is 0.